The number of likely N-dealkylation sites (tertiary alicyclic amines) is 1. The Hall–Kier alpha value is -1.56. The Balaban J connectivity index is 2.20. The maximum absolute atomic E-state index is 12.1. The van der Waals surface area contributed by atoms with Crippen LogP contribution >= 0.6 is 0 Å². The monoisotopic (exact) mass is 296 g/mol. The first-order valence-corrected chi connectivity index (χ1v) is 8.41. The van der Waals surface area contributed by atoms with Crippen molar-refractivity contribution in [3.8, 4) is 0 Å². The minimum absolute atomic E-state index is 0.0781. The van der Waals surface area contributed by atoms with Crippen LogP contribution < -0.4 is 5.32 Å². The van der Waals surface area contributed by atoms with Gasteiger partial charge in [0.1, 0.15) is 0 Å². The van der Waals surface area contributed by atoms with E-state index in [9.17, 15) is 13.2 Å². The second kappa shape index (κ2) is 5.83. The Morgan fingerprint density at radius 1 is 1.35 bits per heavy atom. The van der Waals surface area contributed by atoms with E-state index in [-0.39, 0.29) is 17.7 Å². The summed E-state index contributed by atoms with van der Waals surface area (Å²) in [5, 5.41) is 3.27. The molecule has 1 fully saturated rings. The van der Waals surface area contributed by atoms with Crippen LogP contribution in [0.3, 0.4) is 0 Å². The number of benzene rings is 1. The van der Waals surface area contributed by atoms with Crippen molar-refractivity contribution in [1.29, 1.82) is 0 Å². The molecule has 1 saturated heterocycles. The van der Waals surface area contributed by atoms with Crippen LogP contribution in [0.2, 0.25) is 0 Å². The number of amides is 1. The molecule has 1 atom stereocenters. The number of piperidine rings is 1. The van der Waals surface area contributed by atoms with Gasteiger partial charge in [0.25, 0.3) is 0 Å². The fraction of sp³-hybridized carbons (Fsp3) is 0.500. The van der Waals surface area contributed by atoms with Crippen molar-refractivity contribution in [2.24, 2.45) is 0 Å². The van der Waals surface area contributed by atoms with Crippen LogP contribution in [-0.2, 0) is 14.6 Å². The quantitative estimate of drug-likeness (QED) is 0.914. The van der Waals surface area contributed by atoms with E-state index in [0.29, 0.717) is 23.5 Å². The van der Waals surface area contributed by atoms with Gasteiger partial charge in [0, 0.05) is 26.1 Å². The van der Waals surface area contributed by atoms with Crippen LogP contribution in [0.4, 0.5) is 5.69 Å². The molecule has 0 radical (unpaired) electrons. The minimum Gasteiger partial charge on any atom is -0.379 e. The molecule has 0 saturated carbocycles. The molecule has 110 valence electrons. The Morgan fingerprint density at radius 2 is 2.05 bits per heavy atom. The Labute approximate surface area is 119 Å². The van der Waals surface area contributed by atoms with Crippen LogP contribution in [0.25, 0.3) is 0 Å². The molecule has 0 bridgehead atoms. The molecular weight excluding hydrogens is 276 g/mol. The van der Waals surface area contributed by atoms with Crippen molar-refractivity contribution in [1.82, 2.24) is 4.90 Å². The van der Waals surface area contributed by atoms with Crippen LogP contribution in [0.1, 0.15) is 19.8 Å². The highest BCUT2D eigenvalue weighted by Gasteiger charge is 2.24. The molecule has 1 aromatic carbocycles. The highest BCUT2D eigenvalue weighted by atomic mass is 32.2. The van der Waals surface area contributed by atoms with Crippen molar-refractivity contribution in [3.63, 3.8) is 0 Å². The molecule has 1 aliphatic heterocycles. The number of rotatable bonds is 4. The lowest BCUT2D eigenvalue weighted by atomic mass is 10.1. The molecule has 0 aliphatic carbocycles. The fourth-order valence-corrected chi connectivity index (χ4v) is 3.42. The summed E-state index contributed by atoms with van der Waals surface area (Å²) in [5.41, 5.74) is 0.627. The molecule has 2 rings (SSSR count). The smallest absolute Gasteiger partial charge is 0.222 e. The largest absolute Gasteiger partial charge is 0.379 e. The Kier molecular flexibility index (Phi) is 4.32. The van der Waals surface area contributed by atoms with Crippen molar-refractivity contribution in [2.75, 3.05) is 24.7 Å². The third-order valence-electron chi connectivity index (χ3n) is 3.59. The first-order chi connectivity index (χ1) is 9.44. The molecule has 20 heavy (non-hydrogen) atoms. The normalized spacial score (nSPS) is 20.0. The highest BCUT2D eigenvalue weighted by Crippen LogP contribution is 2.24. The zero-order valence-electron chi connectivity index (χ0n) is 11.8. The summed E-state index contributed by atoms with van der Waals surface area (Å²) in [5.74, 6) is 0.215. The molecule has 1 heterocycles. The molecule has 1 unspecified atom stereocenters. The predicted octanol–water partition coefficient (Wildman–Crippen LogP) is 1.51. The van der Waals surface area contributed by atoms with Crippen LogP contribution in [0.5, 0.6) is 0 Å². The van der Waals surface area contributed by atoms with E-state index < -0.39 is 9.84 Å². The van der Waals surface area contributed by atoms with Gasteiger partial charge in [0.15, 0.2) is 9.84 Å². The van der Waals surface area contributed by atoms with Crippen molar-refractivity contribution < 1.29 is 13.2 Å². The maximum atomic E-state index is 12.1. The molecule has 1 aliphatic rings. The lowest BCUT2D eigenvalue weighted by Crippen LogP contribution is -2.43. The van der Waals surface area contributed by atoms with Gasteiger partial charge >= 0.3 is 0 Å². The fourth-order valence-electron chi connectivity index (χ4n) is 2.36. The van der Waals surface area contributed by atoms with Crippen molar-refractivity contribution in [3.05, 3.63) is 24.3 Å². The summed E-state index contributed by atoms with van der Waals surface area (Å²) in [4.78, 5) is 13.5. The van der Waals surface area contributed by atoms with Crippen molar-refractivity contribution in [2.45, 2.75) is 30.7 Å². The van der Waals surface area contributed by atoms with E-state index in [4.69, 9.17) is 0 Å². The third kappa shape index (κ3) is 3.12. The summed E-state index contributed by atoms with van der Waals surface area (Å²) in [6, 6.07) is 7.03. The first-order valence-electron chi connectivity index (χ1n) is 6.76. The Bertz CT molecular complexity index is 598. The second-order valence-corrected chi connectivity index (χ2v) is 7.30. The summed E-state index contributed by atoms with van der Waals surface area (Å²) in [7, 11) is -1.48. The number of nitrogens with one attached hydrogen (secondary N) is 1. The highest BCUT2D eigenvalue weighted by molar-refractivity contribution is 7.91. The number of sulfone groups is 1. The minimum atomic E-state index is -3.25. The van der Waals surface area contributed by atoms with E-state index in [0.717, 1.165) is 6.42 Å². The maximum Gasteiger partial charge on any atom is 0.222 e. The van der Waals surface area contributed by atoms with Gasteiger partial charge in [0.05, 0.1) is 16.3 Å². The lowest BCUT2D eigenvalue weighted by Gasteiger charge is -2.31. The van der Waals surface area contributed by atoms with E-state index in [1.165, 1.54) is 0 Å². The predicted molar refractivity (Wildman–Crippen MR) is 78.5 cm³/mol. The summed E-state index contributed by atoms with van der Waals surface area (Å²) < 4.78 is 24.2. The van der Waals surface area contributed by atoms with Gasteiger partial charge < -0.3 is 10.2 Å². The average Bonchev–Trinajstić information content (AvgIpc) is 2.43. The third-order valence-corrected chi connectivity index (χ3v) is 5.37. The van der Waals surface area contributed by atoms with E-state index in [1.807, 2.05) is 6.07 Å². The average molecular weight is 296 g/mol. The topological polar surface area (TPSA) is 66.5 Å². The van der Waals surface area contributed by atoms with Crippen LogP contribution in [0.15, 0.2) is 29.2 Å². The first kappa shape index (κ1) is 14.8. The van der Waals surface area contributed by atoms with E-state index in [2.05, 4.69) is 5.32 Å². The van der Waals surface area contributed by atoms with Gasteiger partial charge in [-0.1, -0.05) is 19.1 Å². The molecule has 0 spiro atoms. The number of anilines is 1. The van der Waals surface area contributed by atoms with Gasteiger partial charge in [0.2, 0.25) is 5.91 Å². The van der Waals surface area contributed by atoms with Crippen LogP contribution in [-0.4, -0.2) is 44.6 Å². The number of para-hydroxylation sites is 1. The number of hydrogen-bond donors (Lipinski definition) is 1. The molecule has 1 amide bonds. The molecule has 5 nitrogen and oxygen atoms in total. The molecule has 1 aromatic rings. The molecule has 0 aromatic heterocycles. The molecular formula is C14H20N2O3S. The molecule has 6 heteroatoms. The summed E-state index contributed by atoms with van der Waals surface area (Å²) in [6.07, 6.45) is 1.22. The van der Waals surface area contributed by atoms with Crippen molar-refractivity contribution >= 4 is 21.4 Å². The van der Waals surface area contributed by atoms with Gasteiger partial charge in [-0.25, -0.2) is 8.42 Å². The number of carbonyl (C=O) groups is 1. The standard InChI is InChI=1S/C14H20N2O3S/c1-3-20(18,19)13-7-5-4-6-12(13)15-11-8-9-14(17)16(2)10-11/h4-7,11,15H,3,8-10H2,1-2H3. The van der Waals surface area contributed by atoms with Gasteiger partial charge in [-0.15, -0.1) is 0 Å². The zero-order chi connectivity index (χ0) is 14.8. The summed E-state index contributed by atoms with van der Waals surface area (Å²) >= 11 is 0. The van der Waals surface area contributed by atoms with E-state index in [1.54, 1.807) is 37.1 Å². The van der Waals surface area contributed by atoms with Gasteiger partial charge in [-0.3, -0.25) is 4.79 Å². The van der Waals surface area contributed by atoms with E-state index >= 15 is 0 Å². The summed E-state index contributed by atoms with van der Waals surface area (Å²) in [6.45, 7) is 2.23. The number of carbonyl (C=O) groups excluding carboxylic acids is 1. The Morgan fingerprint density at radius 3 is 2.70 bits per heavy atom. The number of likely N-dealkylation sites (N-methyl/N-ethyl adjacent to an activating group) is 1. The number of hydrogen-bond acceptors (Lipinski definition) is 4. The van der Waals surface area contributed by atoms with Gasteiger partial charge in [-0.05, 0) is 18.6 Å². The lowest BCUT2D eigenvalue weighted by molar-refractivity contribution is -0.132. The van der Waals surface area contributed by atoms with Gasteiger partial charge in [-0.2, -0.15) is 0 Å². The zero-order valence-corrected chi connectivity index (χ0v) is 12.6. The second-order valence-electron chi connectivity index (χ2n) is 5.05. The van der Waals surface area contributed by atoms with Crippen LogP contribution in [0, 0.1) is 0 Å². The SMILES string of the molecule is CCS(=O)(=O)c1ccccc1NC1CCC(=O)N(C)C1. The number of nitrogens with zero attached hydrogens (tertiary/aromatic N) is 1. The molecule has 1 N–H and O–H groups in total.